The summed E-state index contributed by atoms with van der Waals surface area (Å²) in [5.74, 6) is 0.659. The van der Waals surface area contributed by atoms with E-state index in [-0.39, 0.29) is 11.9 Å². The SMILES string of the molecule is C=C(/N=C1/Nc2c(NC(=O)Nc3ccsc3)cccc2NC(=O)/C1=C/C)N(C)C1CCN(C)CC1.CC.CC=O. The van der Waals surface area contributed by atoms with Crippen LogP contribution in [-0.2, 0) is 9.59 Å². The minimum Gasteiger partial charge on any atom is -0.357 e. The van der Waals surface area contributed by atoms with Crippen molar-refractivity contribution in [2.24, 2.45) is 4.99 Å². The number of piperidine rings is 1. The molecule has 10 nitrogen and oxygen atoms in total. The number of nitrogens with one attached hydrogen (secondary N) is 4. The van der Waals surface area contributed by atoms with Crippen LogP contribution in [0.5, 0.6) is 0 Å². The molecule has 0 saturated carbocycles. The maximum absolute atomic E-state index is 13.0. The van der Waals surface area contributed by atoms with Gasteiger partial charge in [0.1, 0.15) is 17.9 Å². The number of anilines is 4. The van der Waals surface area contributed by atoms with Crippen molar-refractivity contribution in [1.82, 2.24) is 9.80 Å². The molecule has 11 heteroatoms. The number of amides is 3. The molecule has 0 unspecified atom stereocenters. The molecule has 2 aliphatic rings. The number of carbonyl (C=O) groups is 3. The Hall–Kier alpha value is -3.96. The molecule has 0 radical (unpaired) electrons. The first-order chi connectivity index (χ1) is 19.3. The van der Waals surface area contributed by atoms with Gasteiger partial charge in [-0.2, -0.15) is 11.3 Å². The average Bonchev–Trinajstić information content (AvgIpc) is 3.40. The van der Waals surface area contributed by atoms with Gasteiger partial charge in [0.05, 0.1) is 28.3 Å². The zero-order chi connectivity index (χ0) is 29.7. The first kappa shape index (κ1) is 32.3. The lowest BCUT2D eigenvalue weighted by Gasteiger charge is -2.36. The van der Waals surface area contributed by atoms with Gasteiger partial charge in [-0.3, -0.25) is 4.79 Å². The van der Waals surface area contributed by atoms with E-state index in [4.69, 9.17) is 9.79 Å². The molecule has 1 aromatic heterocycles. The number of hydrogen-bond donors (Lipinski definition) is 4. The van der Waals surface area contributed by atoms with Crippen molar-refractivity contribution >= 4 is 58.1 Å². The van der Waals surface area contributed by atoms with Crippen LogP contribution in [0.3, 0.4) is 0 Å². The lowest BCUT2D eigenvalue weighted by molar-refractivity contribution is -0.112. The van der Waals surface area contributed by atoms with Crippen molar-refractivity contribution in [3.05, 3.63) is 59.1 Å². The van der Waals surface area contributed by atoms with Gasteiger partial charge in [-0.1, -0.05) is 32.6 Å². The van der Waals surface area contributed by atoms with Crippen molar-refractivity contribution < 1.29 is 14.4 Å². The zero-order valence-electron chi connectivity index (χ0n) is 24.2. The van der Waals surface area contributed by atoms with E-state index in [1.165, 1.54) is 18.3 Å². The van der Waals surface area contributed by atoms with Crippen molar-refractivity contribution in [2.75, 3.05) is 48.5 Å². The van der Waals surface area contributed by atoms with Gasteiger partial charge < -0.3 is 35.9 Å². The normalized spacial score (nSPS) is 17.0. The number of aldehydes is 1. The molecule has 0 bridgehead atoms. The van der Waals surface area contributed by atoms with Gasteiger partial charge in [0, 0.05) is 18.5 Å². The molecule has 2 aliphatic heterocycles. The van der Waals surface area contributed by atoms with Crippen molar-refractivity contribution in [3.63, 3.8) is 0 Å². The maximum atomic E-state index is 13.0. The Bertz CT molecular complexity index is 1220. The second-order valence-electron chi connectivity index (χ2n) is 8.86. The summed E-state index contributed by atoms with van der Waals surface area (Å²) in [5, 5.41) is 15.6. The molecule has 4 rings (SSSR count). The van der Waals surface area contributed by atoms with E-state index < -0.39 is 0 Å². The molecule has 0 aliphatic carbocycles. The van der Waals surface area contributed by atoms with Crippen LogP contribution in [0, 0.1) is 0 Å². The van der Waals surface area contributed by atoms with E-state index in [2.05, 4.69) is 44.7 Å². The molecular weight excluding hydrogens is 526 g/mol. The van der Waals surface area contributed by atoms with E-state index in [0.717, 1.165) is 32.2 Å². The Morgan fingerprint density at radius 3 is 2.45 bits per heavy atom. The topological polar surface area (TPSA) is 118 Å². The summed E-state index contributed by atoms with van der Waals surface area (Å²) in [4.78, 5) is 43.5. The molecule has 216 valence electrons. The first-order valence-corrected chi connectivity index (χ1v) is 14.3. The highest BCUT2D eigenvalue weighted by Crippen LogP contribution is 2.34. The number of nitrogens with zero attached hydrogens (tertiary/aromatic N) is 3. The smallest absolute Gasteiger partial charge is 0.323 e. The van der Waals surface area contributed by atoms with Crippen molar-refractivity contribution in [3.8, 4) is 0 Å². The fourth-order valence-corrected chi connectivity index (χ4v) is 4.74. The van der Waals surface area contributed by atoms with Gasteiger partial charge in [0.15, 0.2) is 0 Å². The third-order valence-corrected chi connectivity index (χ3v) is 6.94. The monoisotopic (exact) mass is 567 g/mol. The number of fused-ring (bicyclic) bond motifs is 1. The first-order valence-electron chi connectivity index (χ1n) is 13.3. The summed E-state index contributed by atoms with van der Waals surface area (Å²) < 4.78 is 0. The van der Waals surface area contributed by atoms with E-state index in [0.29, 0.717) is 46.0 Å². The summed E-state index contributed by atoms with van der Waals surface area (Å²) in [6.45, 7) is 13.5. The van der Waals surface area contributed by atoms with Gasteiger partial charge in [-0.25, -0.2) is 9.79 Å². The Morgan fingerprint density at radius 1 is 1.18 bits per heavy atom. The van der Waals surface area contributed by atoms with Gasteiger partial charge in [0.2, 0.25) is 0 Å². The lowest BCUT2D eigenvalue weighted by Crippen LogP contribution is -2.41. The zero-order valence-corrected chi connectivity index (χ0v) is 25.0. The van der Waals surface area contributed by atoms with E-state index >= 15 is 0 Å². The molecule has 3 heterocycles. The quantitative estimate of drug-likeness (QED) is 0.267. The highest BCUT2D eigenvalue weighted by molar-refractivity contribution is 7.08. The minimum absolute atomic E-state index is 0.285. The number of carbonyl (C=O) groups excluding carboxylic acids is 3. The largest absolute Gasteiger partial charge is 0.357 e. The molecular formula is C29H41N7O3S. The Balaban J connectivity index is 0.00000105. The van der Waals surface area contributed by atoms with Gasteiger partial charge >= 0.3 is 6.03 Å². The van der Waals surface area contributed by atoms with Crippen LogP contribution in [0.25, 0.3) is 0 Å². The fraction of sp³-hybridized carbons (Fsp3) is 0.379. The van der Waals surface area contributed by atoms with Gasteiger partial charge in [-0.15, -0.1) is 0 Å². The molecule has 3 amide bonds. The predicted molar refractivity (Wildman–Crippen MR) is 167 cm³/mol. The summed E-state index contributed by atoms with van der Waals surface area (Å²) >= 11 is 1.50. The summed E-state index contributed by atoms with van der Waals surface area (Å²) in [6, 6.07) is 7.09. The lowest BCUT2D eigenvalue weighted by atomic mass is 10.0. The Labute approximate surface area is 241 Å². The van der Waals surface area contributed by atoms with E-state index in [1.54, 1.807) is 31.2 Å². The minimum atomic E-state index is -0.384. The summed E-state index contributed by atoms with van der Waals surface area (Å²) in [7, 11) is 4.12. The second kappa shape index (κ2) is 16.2. The fourth-order valence-electron chi connectivity index (χ4n) is 4.16. The van der Waals surface area contributed by atoms with E-state index in [9.17, 15) is 9.59 Å². The maximum Gasteiger partial charge on any atom is 0.323 e. The van der Waals surface area contributed by atoms with Gasteiger partial charge in [-0.05, 0) is 70.4 Å². The number of allylic oxidation sites excluding steroid dienone is 1. The number of hydrogen-bond acceptors (Lipinski definition) is 7. The number of rotatable bonds is 5. The molecule has 40 heavy (non-hydrogen) atoms. The number of amidine groups is 1. The molecule has 1 fully saturated rings. The average molecular weight is 568 g/mol. The third-order valence-electron chi connectivity index (χ3n) is 6.26. The van der Waals surface area contributed by atoms with Crippen LogP contribution in [-0.4, -0.2) is 67.1 Å². The highest BCUT2D eigenvalue weighted by atomic mass is 32.1. The van der Waals surface area contributed by atoms with Crippen molar-refractivity contribution in [1.29, 1.82) is 0 Å². The summed E-state index contributed by atoms with van der Waals surface area (Å²) in [6.07, 6.45) is 4.51. The van der Waals surface area contributed by atoms with Crippen LogP contribution < -0.4 is 21.3 Å². The molecule has 1 aromatic carbocycles. The van der Waals surface area contributed by atoms with E-state index in [1.807, 2.05) is 37.7 Å². The molecule has 2 aromatic rings. The number of likely N-dealkylation sites (tertiary alicyclic amines) is 1. The highest BCUT2D eigenvalue weighted by Gasteiger charge is 2.26. The molecule has 0 spiro atoms. The van der Waals surface area contributed by atoms with Crippen LogP contribution >= 0.6 is 11.3 Å². The number of benzene rings is 1. The van der Waals surface area contributed by atoms with Crippen LogP contribution in [0.2, 0.25) is 0 Å². The van der Waals surface area contributed by atoms with Crippen molar-refractivity contribution in [2.45, 2.75) is 46.6 Å². The second-order valence-corrected chi connectivity index (χ2v) is 9.64. The Kier molecular flexibility index (Phi) is 13.1. The number of aliphatic imine (C=N–C) groups is 1. The molecule has 1 saturated heterocycles. The molecule has 0 atom stereocenters. The standard InChI is InChI=1S/C25H31N7O2S.C2H4O.C2H6/c1-5-19-23(26-16(2)32(4)18-9-12-31(3)13-10-18)30-22-20(28-24(19)33)7-6-8-21(22)29-25(34)27-17-11-14-35-15-17;1-2-3;1-2/h5-8,11,14-15,18H,2,9-10,12-13H2,1,3-4H3,(H,26,30)(H,28,33)(H2,27,29,34);2H,1H3;1-2H3/b19-5+;;. The number of urea groups is 1. The van der Waals surface area contributed by atoms with Gasteiger partial charge in [0.25, 0.3) is 5.91 Å². The Morgan fingerprint density at radius 2 is 1.85 bits per heavy atom. The van der Waals surface area contributed by atoms with Crippen LogP contribution in [0.4, 0.5) is 27.5 Å². The summed E-state index contributed by atoms with van der Waals surface area (Å²) in [5.41, 5.74) is 2.71. The third kappa shape index (κ3) is 8.78. The van der Waals surface area contributed by atoms with Crippen LogP contribution in [0.1, 0.15) is 40.5 Å². The molecule has 4 N–H and O–H groups in total. The number of para-hydroxylation sites is 1. The predicted octanol–water partition coefficient (Wildman–Crippen LogP) is 5.83. The van der Waals surface area contributed by atoms with Crippen LogP contribution in [0.15, 0.2) is 64.1 Å². The number of thiophene rings is 1.